The van der Waals surface area contributed by atoms with E-state index in [0.717, 1.165) is 49.4 Å². The summed E-state index contributed by atoms with van der Waals surface area (Å²) in [6.45, 7) is 12.3. The highest BCUT2D eigenvalue weighted by Crippen LogP contribution is 2.29. The van der Waals surface area contributed by atoms with Crippen molar-refractivity contribution in [1.82, 2.24) is 69.8 Å². The van der Waals surface area contributed by atoms with Crippen LogP contribution in [0.2, 0.25) is 0 Å². The van der Waals surface area contributed by atoms with Gasteiger partial charge in [-0.1, -0.05) is 34.6 Å². The van der Waals surface area contributed by atoms with Gasteiger partial charge in [-0.25, -0.2) is 24.1 Å². The first kappa shape index (κ1) is 55.7. The van der Waals surface area contributed by atoms with E-state index in [-0.39, 0.29) is 52.5 Å². The number of piperazine rings is 2. The number of carbonyl (C=O) groups excluding carboxylic acids is 2. The van der Waals surface area contributed by atoms with Crippen molar-refractivity contribution in [3.63, 3.8) is 0 Å². The number of benzene rings is 4. The van der Waals surface area contributed by atoms with E-state index in [9.17, 15) is 35.9 Å². The standard InChI is InChI=1S/C25H24F3N7O3.C21H16F3N5O4.C5H12N2/c1-16-29-22(23-30-21(32-38-23)18-7-9-20(10-8-18)37-25(26,27)28)31-35(16)15-17-3-5-19(6-4-17)24(36)34-13-11-33(2)12-14-34;1-12-25-18(27-29(12)11-13-3-5-15(6-4-13)20(30)31-2)19-26-17(28-33-19)14-7-9-16(10-8-14)32-21(22,23)24;1-7-4-2-6-3-5-7/h3-10H,11-15H2,1-2H3;3-10H,11H2,1-2H3;6H,2-5H2,1H3. The maximum absolute atomic E-state index is 12.8. The summed E-state index contributed by atoms with van der Waals surface area (Å²) < 4.78 is 100. The SMILES string of the molecule is CN1CCNCC1.COC(=O)c1ccc(Cn2nc(-c3nc(-c4ccc(OC(F)(F)F)cc4)no3)nc2C)cc1.Cc1nc(-c2nc(-c3ccc(OC(F)(F)F)cc3)no2)nn1Cc1ccc(C(=O)N2CCN(C)CC2)cc1. The van der Waals surface area contributed by atoms with Crippen molar-refractivity contribution < 1.29 is 59.2 Å². The number of alkyl halides is 6. The highest BCUT2D eigenvalue weighted by atomic mass is 19.4. The number of nitrogens with one attached hydrogen (secondary N) is 1. The molecule has 0 atom stereocenters. The Bertz CT molecular complexity index is 3240. The van der Waals surface area contributed by atoms with E-state index in [4.69, 9.17) is 9.05 Å². The van der Waals surface area contributed by atoms with Gasteiger partial charge in [-0.3, -0.25) is 4.79 Å². The zero-order valence-corrected chi connectivity index (χ0v) is 42.7. The van der Waals surface area contributed by atoms with Crippen molar-refractivity contribution >= 4 is 11.9 Å². The molecule has 8 aromatic rings. The first-order chi connectivity index (χ1) is 37.2. The van der Waals surface area contributed by atoms with Crippen molar-refractivity contribution in [2.24, 2.45) is 0 Å². The average Bonchev–Trinajstić information content (AvgIpc) is 4.28. The minimum atomic E-state index is -4.77. The van der Waals surface area contributed by atoms with Crippen LogP contribution >= 0.6 is 0 Å². The number of likely N-dealkylation sites (N-methyl/N-ethyl adjacent to an activating group) is 2. The molecule has 0 radical (unpaired) electrons. The second-order valence-electron chi connectivity index (χ2n) is 17.8. The van der Waals surface area contributed by atoms with Crippen LogP contribution in [0, 0.1) is 13.8 Å². The minimum Gasteiger partial charge on any atom is -0.465 e. The maximum Gasteiger partial charge on any atom is 0.573 e. The van der Waals surface area contributed by atoms with Crippen molar-refractivity contribution in [2.75, 3.05) is 73.6 Å². The Labute approximate surface area is 441 Å². The van der Waals surface area contributed by atoms with Crippen LogP contribution in [0.25, 0.3) is 46.2 Å². The summed E-state index contributed by atoms with van der Waals surface area (Å²) in [6, 6.07) is 24.5. The Morgan fingerprint density at radius 1 is 0.551 bits per heavy atom. The number of amides is 1. The fraction of sp³-hybridized carbons (Fsp3) is 0.333. The van der Waals surface area contributed by atoms with Gasteiger partial charge in [0.15, 0.2) is 0 Å². The molecule has 2 fully saturated rings. The zero-order chi connectivity index (χ0) is 55.6. The number of esters is 1. The lowest BCUT2D eigenvalue weighted by molar-refractivity contribution is -0.275. The number of hydrogen-bond donors (Lipinski definition) is 1. The molecule has 21 nitrogen and oxygen atoms in total. The third kappa shape index (κ3) is 15.3. The Kier molecular flexibility index (Phi) is 17.6. The van der Waals surface area contributed by atoms with Crippen molar-refractivity contribution in [2.45, 2.75) is 39.7 Å². The van der Waals surface area contributed by atoms with Crippen molar-refractivity contribution in [1.29, 1.82) is 0 Å². The fourth-order valence-corrected chi connectivity index (χ4v) is 7.73. The molecule has 10 rings (SSSR count). The number of rotatable bonds is 12. The second-order valence-corrected chi connectivity index (χ2v) is 17.8. The number of aryl methyl sites for hydroxylation is 2. The average molecular weight is 1090 g/mol. The van der Waals surface area contributed by atoms with Crippen molar-refractivity contribution in [3.05, 3.63) is 131 Å². The maximum atomic E-state index is 12.8. The molecule has 410 valence electrons. The molecule has 1 N–H and O–H groups in total. The number of methoxy groups -OCH3 is 1. The predicted octanol–water partition coefficient (Wildman–Crippen LogP) is 7.20. The van der Waals surface area contributed by atoms with Gasteiger partial charge in [-0.2, -0.15) is 9.97 Å². The first-order valence-corrected chi connectivity index (χ1v) is 24.1. The van der Waals surface area contributed by atoms with E-state index in [2.05, 4.69) is 76.8 Å². The predicted molar refractivity (Wildman–Crippen MR) is 267 cm³/mol. The van der Waals surface area contributed by atoms with Gasteiger partial charge in [0.05, 0.1) is 25.8 Å². The number of carbonyl (C=O) groups is 2. The van der Waals surface area contributed by atoms with E-state index in [0.29, 0.717) is 60.1 Å². The molecule has 1 amide bonds. The second kappa shape index (κ2) is 24.6. The molecule has 0 aliphatic carbocycles. The largest absolute Gasteiger partial charge is 0.573 e. The fourth-order valence-electron chi connectivity index (χ4n) is 7.73. The molecule has 6 heterocycles. The molecule has 0 spiro atoms. The van der Waals surface area contributed by atoms with E-state index in [1.165, 1.54) is 56.6 Å². The van der Waals surface area contributed by atoms with Crippen LogP contribution in [0.1, 0.15) is 43.5 Å². The highest BCUT2D eigenvalue weighted by molar-refractivity contribution is 5.94. The lowest BCUT2D eigenvalue weighted by Crippen LogP contribution is -2.47. The molecule has 0 saturated carbocycles. The summed E-state index contributed by atoms with van der Waals surface area (Å²) >= 11 is 0. The van der Waals surface area contributed by atoms with Gasteiger partial charge in [-0.05, 0) is 112 Å². The summed E-state index contributed by atoms with van der Waals surface area (Å²) in [5, 5.41) is 19.8. The van der Waals surface area contributed by atoms with E-state index >= 15 is 0 Å². The van der Waals surface area contributed by atoms with Gasteiger partial charge in [0, 0.05) is 69.0 Å². The van der Waals surface area contributed by atoms with Crippen LogP contribution in [-0.4, -0.2) is 163 Å². The molecule has 0 unspecified atom stereocenters. The molecule has 0 bridgehead atoms. The minimum absolute atomic E-state index is 0.0265. The lowest BCUT2D eigenvalue weighted by atomic mass is 10.1. The molecule has 4 aromatic heterocycles. The van der Waals surface area contributed by atoms with Crippen LogP contribution < -0.4 is 14.8 Å². The smallest absolute Gasteiger partial charge is 0.465 e. The molecule has 2 saturated heterocycles. The summed E-state index contributed by atoms with van der Waals surface area (Å²) in [5.74, 6) is 1.01. The van der Waals surface area contributed by atoms with Gasteiger partial charge in [0.2, 0.25) is 23.3 Å². The molecular formula is C51H52F6N14O7. The Morgan fingerprint density at radius 3 is 1.35 bits per heavy atom. The normalized spacial score (nSPS) is 14.2. The van der Waals surface area contributed by atoms with Gasteiger partial charge in [0.1, 0.15) is 23.1 Å². The van der Waals surface area contributed by atoms with Crippen LogP contribution in [0.3, 0.4) is 0 Å². The van der Waals surface area contributed by atoms with Gasteiger partial charge >= 0.3 is 18.7 Å². The van der Waals surface area contributed by atoms with Gasteiger partial charge in [-0.15, -0.1) is 36.5 Å². The Morgan fingerprint density at radius 2 is 0.962 bits per heavy atom. The number of halogens is 6. The Hall–Kier alpha value is -8.56. The molecule has 78 heavy (non-hydrogen) atoms. The third-order valence-corrected chi connectivity index (χ3v) is 12.0. The topological polar surface area (TPSA) is 223 Å². The van der Waals surface area contributed by atoms with Crippen LogP contribution in [0.5, 0.6) is 11.5 Å². The lowest BCUT2D eigenvalue weighted by Gasteiger charge is -2.32. The highest BCUT2D eigenvalue weighted by Gasteiger charge is 2.32. The third-order valence-electron chi connectivity index (χ3n) is 12.0. The van der Waals surface area contributed by atoms with Crippen LogP contribution in [0.4, 0.5) is 26.3 Å². The number of ether oxygens (including phenoxy) is 3. The molecule has 27 heteroatoms. The zero-order valence-electron chi connectivity index (χ0n) is 42.7. The van der Waals surface area contributed by atoms with Gasteiger partial charge in [0.25, 0.3) is 17.7 Å². The summed E-state index contributed by atoms with van der Waals surface area (Å²) in [6.07, 6.45) is -9.54. The first-order valence-electron chi connectivity index (χ1n) is 24.1. The number of nitrogens with zero attached hydrogens (tertiary/aromatic N) is 13. The molecule has 4 aromatic carbocycles. The van der Waals surface area contributed by atoms with Crippen LogP contribution in [0.15, 0.2) is 106 Å². The Balaban J connectivity index is 0.000000184. The van der Waals surface area contributed by atoms with E-state index in [1.807, 2.05) is 36.2 Å². The molecule has 2 aliphatic heterocycles. The molecular weight excluding hydrogens is 1030 g/mol. The number of aromatic nitrogens is 10. The quantitative estimate of drug-likeness (QED) is 0.0944. The monoisotopic (exact) mass is 1090 g/mol. The van der Waals surface area contributed by atoms with Crippen LogP contribution in [-0.2, 0) is 17.8 Å². The summed E-state index contributed by atoms with van der Waals surface area (Å²) in [4.78, 5) is 47.9. The van der Waals surface area contributed by atoms with Gasteiger partial charge < -0.3 is 43.3 Å². The van der Waals surface area contributed by atoms with Crippen molar-refractivity contribution in [3.8, 4) is 57.7 Å². The van der Waals surface area contributed by atoms with E-state index in [1.54, 1.807) is 47.5 Å². The summed E-state index contributed by atoms with van der Waals surface area (Å²) in [7, 11) is 5.52. The molecule has 2 aliphatic rings. The van der Waals surface area contributed by atoms with E-state index < -0.39 is 18.7 Å². The summed E-state index contributed by atoms with van der Waals surface area (Å²) in [5.41, 5.74) is 3.78. The number of hydrogen-bond acceptors (Lipinski definition) is 18.